The predicted molar refractivity (Wildman–Crippen MR) is 70.9 cm³/mol. The fraction of sp³-hybridized carbons (Fsp3) is 0. The molecule has 2 aromatic rings. The highest BCUT2D eigenvalue weighted by atomic mass is 19.1. The molecule has 96 valence electrons. The van der Waals surface area contributed by atoms with Gasteiger partial charge in [0.25, 0.3) is 0 Å². The fourth-order valence-electron chi connectivity index (χ4n) is 1.55. The summed E-state index contributed by atoms with van der Waals surface area (Å²) in [6.45, 7) is 0. The van der Waals surface area contributed by atoms with E-state index in [0.717, 1.165) is 0 Å². The van der Waals surface area contributed by atoms with E-state index in [0.29, 0.717) is 23.2 Å². The minimum absolute atomic E-state index is 0.351. The SMILES string of the molecule is O=Cc1cccc(NC(=O)Nc2cccc(F)c2)c1. The lowest BCUT2D eigenvalue weighted by Gasteiger charge is -2.07. The maximum absolute atomic E-state index is 12.9. The highest BCUT2D eigenvalue weighted by molar-refractivity contribution is 6.00. The number of anilines is 2. The quantitative estimate of drug-likeness (QED) is 0.830. The van der Waals surface area contributed by atoms with Crippen LogP contribution in [0.5, 0.6) is 0 Å². The molecule has 2 aromatic carbocycles. The molecule has 2 rings (SSSR count). The molecule has 0 heterocycles. The number of benzene rings is 2. The predicted octanol–water partition coefficient (Wildman–Crippen LogP) is 3.28. The van der Waals surface area contributed by atoms with Gasteiger partial charge in [0.15, 0.2) is 0 Å². The Balaban J connectivity index is 2.03. The van der Waals surface area contributed by atoms with Gasteiger partial charge >= 0.3 is 6.03 Å². The van der Waals surface area contributed by atoms with Crippen molar-refractivity contribution in [2.45, 2.75) is 0 Å². The van der Waals surface area contributed by atoms with Crippen molar-refractivity contribution in [2.24, 2.45) is 0 Å². The first kappa shape index (κ1) is 12.8. The summed E-state index contributed by atoms with van der Waals surface area (Å²) in [6.07, 6.45) is 0.690. The van der Waals surface area contributed by atoms with Crippen LogP contribution in [0.2, 0.25) is 0 Å². The van der Waals surface area contributed by atoms with E-state index in [2.05, 4.69) is 10.6 Å². The molecule has 0 bridgehead atoms. The summed E-state index contributed by atoms with van der Waals surface area (Å²) < 4.78 is 12.9. The Morgan fingerprint density at radius 2 is 1.63 bits per heavy atom. The topological polar surface area (TPSA) is 58.2 Å². The molecule has 0 radical (unpaired) electrons. The molecule has 19 heavy (non-hydrogen) atoms. The van der Waals surface area contributed by atoms with Gasteiger partial charge in [0, 0.05) is 16.9 Å². The van der Waals surface area contributed by atoms with E-state index in [9.17, 15) is 14.0 Å². The van der Waals surface area contributed by atoms with Crippen LogP contribution < -0.4 is 10.6 Å². The van der Waals surface area contributed by atoms with Crippen molar-refractivity contribution < 1.29 is 14.0 Å². The van der Waals surface area contributed by atoms with E-state index >= 15 is 0 Å². The number of urea groups is 1. The zero-order valence-electron chi connectivity index (χ0n) is 9.89. The van der Waals surface area contributed by atoms with E-state index in [-0.39, 0.29) is 0 Å². The molecule has 0 unspecified atom stereocenters. The van der Waals surface area contributed by atoms with E-state index in [1.807, 2.05) is 0 Å². The molecule has 0 aliphatic heterocycles. The highest BCUT2D eigenvalue weighted by Gasteiger charge is 2.03. The zero-order chi connectivity index (χ0) is 13.7. The van der Waals surface area contributed by atoms with Gasteiger partial charge in [-0.1, -0.05) is 18.2 Å². The molecule has 5 heteroatoms. The standard InChI is InChI=1S/C14H11FN2O2/c15-11-4-2-6-13(8-11)17-14(19)16-12-5-1-3-10(7-12)9-18/h1-9H,(H2,16,17,19). The van der Waals surface area contributed by atoms with E-state index in [1.165, 1.54) is 24.3 Å². The number of halogens is 1. The minimum atomic E-state index is -0.506. The first-order chi connectivity index (χ1) is 9.17. The maximum Gasteiger partial charge on any atom is 0.323 e. The Bertz CT molecular complexity index is 614. The molecule has 0 saturated heterocycles. The zero-order valence-corrected chi connectivity index (χ0v) is 9.89. The smallest absolute Gasteiger partial charge is 0.308 e. The molecule has 0 atom stereocenters. The minimum Gasteiger partial charge on any atom is -0.308 e. The van der Waals surface area contributed by atoms with Crippen LogP contribution >= 0.6 is 0 Å². The molecular formula is C14H11FN2O2. The van der Waals surface area contributed by atoms with Crippen LogP contribution in [0.1, 0.15) is 10.4 Å². The normalized spacial score (nSPS) is 9.74. The van der Waals surface area contributed by atoms with Crippen molar-refractivity contribution in [1.29, 1.82) is 0 Å². The second-order valence-electron chi connectivity index (χ2n) is 3.83. The van der Waals surface area contributed by atoms with Crippen molar-refractivity contribution in [1.82, 2.24) is 0 Å². The molecule has 2 N–H and O–H groups in total. The van der Waals surface area contributed by atoms with Crippen LogP contribution in [0.3, 0.4) is 0 Å². The summed E-state index contributed by atoms with van der Waals surface area (Å²) >= 11 is 0. The second kappa shape index (κ2) is 5.77. The van der Waals surface area contributed by atoms with E-state index in [1.54, 1.807) is 24.3 Å². The van der Waals surface area contributed by atoms with E-state index < -0.39 is 11.8 Å². The average Bonchev–Trinajstić information content (AvgIpc) is 2.38. The summed E-state index contributed by atoms with van der Waals surface area (Å²) in [4.78, 5) is 22.3. The second-order valence-corrected chi connectivity index (χ2v) is 3.83. The number of hydrogen-bond donors (Lipinski definition) is 2. The summed E-state index contributed by atoms with van der Waals surface area (Å²) in [7, 11) is 0. The average molecular weight is 258 g/mol. The van der Waals surface area contributed by atoms with Crippen LogP contribution in [-0.2, 0) is 0 Å². The molecular weight excluding hydrogens is 247 g/mol. The molecule has 0 spiro atoms. The maximum atomic E-state index is 12.9. The van der Waals surface area contributed by atoms with Crippen LogP contribution in [0.15, 0.2) is 48.5 Å². The number of amides is 2. The Morgan fingerprint density at radius 3 is 2.26 bits per heavy atom. The first-order valence-corrected chi connectivity index (χ1v) is 5.56. The van der Waals surface area contributed by atoms with Crippen LogP contribution in [0, 0.1) is 5.82 Å². The number of hydrogen-bond acceptors (Lipinski definition) is 2. The number of carbonyl (C=O) groups is 2. The van der Waals surface area contributed by atoms with Gasteiger partial charge in [-0.05, 0) is 30.3 Å². The van der Waals surface area contributed by atoms with Crippen molar-refractivity contribution in [2.75, 3.05) is 10.6 Å². The Kier molecular flexibility index (Phi) is 3.87. The van der Waals surface area contributed by atoms with Crippen molar-refractivity contribution in [3.63, 3.8) is 0 Å². The van der Waals surface area contributed by atoms with Crippen LogP contribution in [0.25, 0.3) is 0 Å². The van der Waals surface area contributed by atoms with Gasteiger partial charge in [-0.25, -0.2) is 9.18 Å². The van der Waals surface area contributed by atoms with Gasteiger partial charge in [-0.15, -0.1) is 0 Å². The largest absolute Gasteiger partial charge is 0.323 e. The number of carbonyl (C=O) groups excluding carboxylic acids is 2. The lowest BCUT2D eigenvalue weighted by molar-refractivity contribution is 0.112. The van der Waals surface area contributed by atoms with Crippen molar-refractivity contribution in [3.8, 4) is 0 Å². The van der Waals surface area contributed by atoms with E-state index in [4.69, 9.17) is 0 Å². The van der Waals surface area contributed by atoms with Gasteiger partial charge in [0.1, 0.15) is 12.1 Å². The molecule has 0 saturated carbocycles. The first-order valence-electron chi connectivity index (χ1n) is 5.56. The Hall–Kier alpha value is -2.69. The van der Waals surface area contributed by atoms with Gasteiger partial charge in [0.05, 0.1) is 0 Å². The van der Waals surface area contributed by atoms with Crippen molar-refractivity contribution in [3.05, 3.63) is 59.9 Å². The Labute approximate surface area is 109 Å². The fourth-order valence-corrected chi connectivity index (χ4v) is 1.55. The van der Waals surface area contributed by atoms with Gasteiger partial charge in [0.2, 0.25) is 0 Å². The molecule has 2 amide bonds. The third-order valence-electron chi connectivity index (χ3n) is 2.36. The number of rotatable bonds is 3. The monoisotopic (exact) mass is 258 g/mol. The molecule has 0 fully saturated rings. The van der Waals surface area contributed by atoms with Gasteiger partial charge in [-0.3, -0.25) is 4.79 Å². The summed E-state index contributed by atoms with van der Waals surface area (Å²) in [5.74, 6) is -0.430. The van der Waals surface area contributed by atoms with Crippen molar-refractivity contribution >= 4 is 23.7 Å². The summed E-state index contributed by atoms with van der Waals surface area (Å²) in [6, 6.07) is 11.5. The molecule has 4 nitrogen and oxygen atoms in total. The third-order valence-corrected chi connectivity index (χ3v) is 2.36. The molecule has 0 aliphatic carbocycles. The summed E-state index contributed by atoms with van der Waals surface area (Å²) in [5.41, 5.74) is 1.30. The van der Waals surface area contributed by atoms with Gasteiger partial charge in [-0.2, -0.15) is 0 Å². The lowest BCUT2D eigenvalue weighted by Crippen LogP contribution is -2.19. The summed E-state index contributed by atoms with van der Waals surface area (Å²) in [5, 5.41) is 5.04. The Morgan fingerprint density at radius 1 is 1.00 bits per heavy atom. The van der Waals surface area contributed by atoms with Crippen LogP contribution in [0.4, 0.5) is 20.6 Å². The third kappa shape index (κ3) is 3.64. The number of nitrogens with one attached hydrogen (secondary N) is 2. The number of aldehydes is 1. The highest BCUT2D eigenvalue weighted by Crippen LogP contribution is 2.12. The lowest BCUT2D eigenvalue weighted by atomic mass is 10.2. The molecule has 0 aliphatic rings. The molecule has 0 aromatic heterocycles. The van der Waals surface area contributed by atoms with Gasteiger partial charge < -0.3 is 10.6 Å². The van der Waals surface area contributed by atoms with Crippen LogP contribution in [-0.4, -0.2) is 12.3 Å².